The largest absolute Gasteiger partial charge is 0.326 e. The normalized spacial score (nSPS) is 16.0. The first-order valence-electron chi connectivity index (χ1n) is 11.5. The molecule has 1 atom stereocenters. The van der Waals surface area contributed by atoms with Gasteiger partial charge in [-0.15, -0.1) is 11.8 Å². The number of amides is 2. The molecule has 2 amide bonds. The predicted molar refractivity (Wildman–Crippen MR) is 132 cm³/mol. The molecular formula is C26H34N2O2S. The van der Waals surface area contributed by atoms with Gasteiger partial charge in [0.2, 0.25) is 11.8 Å². The second kappa shape index (κ2) is 11.9. The Hall–Kier alpha value is -2.27. The van der Waals surface area contributed by atoms with E-state index < -0.39 is 0 Å². The number of anilines is 2. The van der Waals surface area contributed by atoms with Gasteiger partial charge in [0, 0.05) is 17.8 Å². The topological polar surface area (TPSA) is 49.4 Å². The molecule has 1 fully saturated rings. The second-order valence-corrected chi connectivity index (χ2v) is 9.38. The van der Waals surface area contributed by atoms with E-state index in [0.717, 1.165) is 35.3 Å². The summed E-state index contributed by atoms with van der Waals surface area (Å²) < 4.78 is 0. The molecule has 0 aromatic heterocycles. The summed E-state index contributed by atoms with van der Waals surface area (Å²) in [5.74, 6) is 0.691. The van der Waals surface area contributed by atoms with Gasteiger partial charge in [0.25, 0.3) is 0 Å². The smallest absolute Gasteiger partial charge is 0.238 e. The molecule has 1 unspecified atom stereocenters. The highest BCUT2D eigenvalue weighted by Crippen LogP contribution is 2.42. The van der Waals surface area contributed by atoms with E-state index in [2.05, 4.69) is 18.3 Å². The third-order valence-corrected chi connectivity index (χ3v) is 6.85. The lowest BCUT2D eigenvalue weighted by molar-refractivity contribution is -0.116. The fourth-order valence-corrected chi connectivity index (χ4v) is 5.10. The molecule has 2 aromatic carbocycles. The first kappa shape index (κ1) is 23.4. The van der Waals surface area contributed by atoms with Gasteiger partial charge in [-0.05, 0) is 48.7 Å². The Morgan fingerprint density at radius 1 is 1.03 bits per heavy atom. The van der Waals surface area contributed by atoms with E-state index in [1.54, 1.807) is 11.8 Å². The van der Waals surface area contributed by atoms with Crippen LogP contribution in [0.15, 0.2) is 48.5 Å². The van der Waals surface area contributed by atoms with Crippen LogP contribution in [0.2, 0.25) is 0 Å². The Balaban J connectivity index is 1.51. The van der Waals surface area contributed by atoms with Crippen molar-refractivity contribution in [2.24, 2.45) is 0 Å². The Labute approximate surface area is 190 Å². The number of hydrogen-bond acceptors (Lipinski definition) is 3. The van der Waals surface area contributed by atoms with Crippen molar-refractivity contribution in [2.75, 3.05) is 16.0 Å². The number of aryl methyl sites for hydroxylation is 1. The molecule has 3 rings (SSSR count). The van der Waals surface area contributed by atoms with Crippen molar-refractivity contribution in [1.29, 1.82) is 0 Å². The molecule has 4 nitrogen and oxygen atoms in total. The minimum Gasteiger partial charge on any atom is -0.326 e. The van der Waals surface area contributed by atoms with Crippen LogP contribution in [-0.4, -0.2) is 17.6 Å². The number of benzene rings is 2. The maximum absolute atomic E-state index is 12.5. The van der Waals surface area contributed by atoms with Crippen molar-refractivity contribution in [3.8, 4) is 0 Å². The number of thioether (sulfide) groups is 1. The van der Waals surface area contributed by atoms with E-state index in [-0.39, 0.29) is 17.2 Å². The Kier molecular flexibility index (Phi) is 9.01. The summed E-state index contributed by atoms with van der Waals surface area (Å²) in [6.45, 7) is 4.26. The zero-order chi connectivity index (χ0) is 22.1. The van der Waals surface area contributed by atoms with Crippen molar-refractivity contribution >= 4 is 35.0 Å². The van der Waals surface area contributed by atoms with Gasteiger partial charge in [0.1, 0.15) is 5.37 Å². The number of rotatable bonds is 11. The highest BCUT2D eigenvalue weighted by Gasteiger charge is 2.34. The molecule has 2 aromatic rings. The lowest BCUT2D eigenvalue weighted by Gasteiger charge is -2.25. The molecule has 1 saturated heterocycles. The molecule has 1 aliphatic rings. The molecule has 1 N–H and O–H groups in total. The average molecular weight is 439 g/mol. The minimum absolute atomic E-state index is 0.0354. The Morgan fingerprint density at radius 2 is 1.74 bits per heavy atom. The first-order valence-corrected chi connectivity index (χ1v) is 12.5. The maximum Gasteiger partial charge on any atom is 0.238 e. The summed E-state index contributed by atoms with van der Waals surface area (Å²) >= 11 is 1.64. The van der Waals surface area contributed by atoms with Gasteiger partial charge in [-0.1, -0.05) is 69.7 Å². The van der Waals surface area contributed by atoms with Gasteiger partial charge in [-0.25, -0.2) is 0 Å². The molecule has 5 heteroatoms. The van der Waals surface area contributed by atoms with Crippen LogP contribution < -0.4 is 10.2 Å². The predicted octanol–water partition coefficient (Wildman–Crippen LogP) is 6.85. The van der Waals surface area contributed by atoms with Crippen molar-refractivity contribution in [2.45, 2.75) is 70.6 Å². The van der Waals surface area contributed by atoms with Crippen molar-refractivity contribution < 1.29 is 9.59 Å². The van der Waals surface area contributed by atoms with Crippen LogP contribution >= 0.6 is 11.8 Å². The number of carbonyl (C=O) groups is 2. The summed E-state index contributed by atoms with van der Waals surface area (Å²) in [7, 11) is 0. The molecule has 0 bridgehead atoms. The molecule has 0 aliphatic carbocycles. The van der Waals surface area contributed by atoms with Crippen LogP contribution in [-0.2, 0) is 9.59 Å². The van der Waals surface area contributed by atoms with Crippen LogP contribution in [0, 0.1) is 6.92 Å². The fraction of sp³-hybridized carbons (Fsp3) is 0.462. The van der Waals surface area contributed by atoms with Gasteiger partial charge in [-0.2, -0.15) is 0 Å². The minimum atomic E-state index is -0.0354. The lowest BCUT2D eigenvalue weighted by Crippen LogP contribution is -2.27. The lowest BCUT2D eigenvalue weighted by atomic mass is 10.1. The van der Waals surface area contributed by atoms with E-state index in [9.17, 15) is 9.59 Å². The van der Waals surface area contributed by atoms with Crippen LogP contribution in [0.3, 0.4) is 0 Å². The summed E-state index contributed by atoms with van der Waals surface area (Å²) in [6, 6.07) is 16.0. The molecule has 31 heavy (non-hydrogen) atoms. The Morgan fingerprint density at radius 3 is 2.45 bits per heavy atom. The van der Waals surface area contributed by atoms with Crippen LogP contribution in [0.1, 0.15) is 74.8 Å². The standard InChI is InChI=1S/C26H34N2O2S/c1-3-4-5-6-7-8-9-13-24(29)27-22-16-14-21(15-17-22)26-28(25(30)19-31-26)23-12-10-11-20(2)18-23/h10-12,14-18,26H,3-9,13,19H2,1-2H3,(H,27,29). The molecule has 1 heterocycles. The highest BCUT2D eigenvalue weighted by molar-refractivity contribution is 8.00. The summed E-state index contributed by atoms with van der Waals surface area (Å²) in [5.41, 5.74) is 3.96. The summed E-state index contributed by atoms with van der Waals surface area (Å²) in [4.78, 5) is 26.6. The van der Waals surface area contributed by atoms with Crippen LogP contribution in [0.5, 0.6) is 0 Å². The van der Waals surface area contributed by atoms with E-state index in [1.807, 2.05) is 54.3 Å². The maximum atomic E-state index is 12.5. The SMILES string of the molecule is CCCCCCCCCC(=O)Nc1ccc(C2SCC(=O)N2c2cccc(C)c2)cc1. The van der Waals surface area contributed by atoms with Crippen molar-refractivity contribution in [3.63, 3.8) is 0 Å². The van der Waals surface area contributed by atoms with Crippen LogP contribution in [0.25, 0.3) is 0 Å². The van der Waals surface area contributed by atoms with Crippen LogP contribution in [0.4, 0.5) is 11.4 Å². The zero-order valence-electron chi connectivity index (χ0n) is 18.7. The Bertz CT molecular complexity index is 866. The number of nitrogens with one attached hydrogen (secondary N) is 1. The van der Waals surface area contributed by atoms with Gasteiger partial charge in [0.15, 0.2) is 0 Å². The van der Waals surface area contributed by atoms with Gasteiger partial charge in [-0.3, -0.25) is 14.5 Å². The highest BCUT2D eigenvalue weighted by atomic mass is 32.2. The van der Waals surface area contributed by atoms with E-state index in [4.69, 9.17) is 0 Å². The van der Waals surface area contributed by atoms with E-state index >= 15 is 0 Å². The first-order chi connectivity index (χ1) is 15.1. The third-order valence-electron chi connectivity index (χ3n) is 5.63. The molecule has 166 valence electrons. The van der Waals surface area contributed by atoms with Gasteiger partial charge < -0.3 is 5.32 Å². The molecule has 1 aliphatic heterocycles. The number of hydrogen-bond donors (Lipinski definition) is 1. The van der Waals surface area contributed by atoms with E-state index in [1.165, 1.54) is 32.1 Å². The van der Waals surface area contributed by atoms with Gasteiger partial charge >= 0.3 is 0 Å². The molecular weight excluding hydrogens is 404 g/mol. The second-order valence-electron chi connectivity index (χ2n) is 8.31. The number of carbonyl (C=O) groups excluding carboxylic acids is 2. The molecule has 0 radical (unpaired) electrons. The number of unbranched alkanes of at least 4 members (excludes halogenated alkanes) is 6. The number of nitrogens with zero attached hydrogens (tertiary/aromatic N) is 1. The van der Waals surface area contributed by atoms with Crippen molar-refractivity contribution in [3.05, 3.63) is 59.7 Å². The van der Waals surface area contributed by atoms with Crippen molar-refractivity contribution in [1.82, 2.24) is 0 Å². The monoisotopic (exact) mass is 438 g/mol. The summed E-state index contributed by atoms with van der Waals surface area (Å²) in [5, 5.41) is 2.97. The van der Waals surface area contributed by atoms with Gasteiger partial charge in [0.05, 0.1) is 5.75 Å². The third kappa shape index (κ3) is 6.86. The van der Waals surface area contributed by atoms with E-state index in [0.29, 0.717) is 12.2 Å². The molecule has 0 spiro atoms. The fourth-order valence-electron chi connectivity index (χ4n) is 3.92. The zero-order valence-corrected chi connectivity index (χ0v) is 19.5. The average Bonchev–Trinajstić information content (AvgIpc) is 3.15. The summed E-state index contributed by atoms with van der Waals surface area (Å²) in [6.07, 6.45) is 9.02. The molecule has 0 saturated carbocycles. The quantitative estimate of drug-likeness (QED) is 0.390.